The van der Waals surface area contributed by atoms with Crippen molar-refractivity contribution < 1.29 is 4.79 Å². The minimum Gasteiger partial charge on any atom is -0.346 e. The highest BCUT2D eigenvalue weighted by Crippen LogP contribution is 2.30. The Bertz CT molecular complexity index is 461. The van der Waals surface area contributed by atoms with Crippen LogP contribution in [-0.2, 0) is 4.79 Å². The zero-order valence-corrected chi connectivity index (χ0v) is 14.2. The molecule has 2 heterocycles. The monoisotopic (exact) mass is 317 g/mol. The second-order valence-electron chi connectivity index (χ2n) is 6.02. The molecule has 2 unspecified atom stereocenters. The Kier molecular flexibility index (Phi) is 5.98. The summed E-state index contributed by atoms with van der Waals surface area (Å²) in [5, 5.41) is 7.40. The van der Waals surface area contributed by atoms with E-state index in [1.54, 1.807) is 11.3 Å². The number of aryl methyl sites for hydroxylation is 1. The van der Waals surface area contributed by atoms with Gasteiger partial charge in [0.25, 0.3) is 0 Å². The molecular weight excluding hydrogens is 294 g/mol. The number of piperidine rings is 1. The van der Waals surface area contributed by atoms with Gasteiger partial charge in [-0.3, -0.25) is 4.79 Å². The van der Waals surface area contributed by atoms with Crippen LogP contribution in [0.2, 0.25) is 0 Å². The molecule has 0 saturated carbocycles. The van der Waals surface area contributed by atoms with Gasteiger partial charge in [-0.05, 0) is 38.6 Å². The number of nitrogens with zero attached hydrogens (tertiary/aromatic N) is 1. The van der Waals surface area contributed by atoms with Crippen molar-refractivity contribution in [2.75, 3.05) is 6.54 Å². The maximum atomic E-state index is 12.4. The molecule has 1 aromatic heterocycles. The van der Waals surface area contributed by atoms with Gasteiger partial charge in [-0.15, -0.1) is 23.7 Å². The number of hydrogen-bond donors (Lipinski definition) is 2. The first-order valence-electron chi connectivity index (χ1n) is 6.86. The molecule has 1 aliphatic rings. The lowest BCUT2D eigenvalue weighted by molar-refractivity contribution is -0.127. The highest BCUT2D eigenvalue weighted by molar-refractivity contribution is 7.11. The van der Waals surface area contributed by atoms with Crippen molar-refractivity contribution in [2.24, 2.45) is 5.41 Å². The zero-order chi connectivity index (χ0) is 14.0. The smallest absolute Gasteiger partial charge is 0.238 e. The number of nitrogens with one attached hydrogen (secondary N) is 2. The van der Waals surface area contributed by atoms with Gasteiger partial charge in [0, 0.05) is 11.1 Å². The molecule has 2 N–H and O–H groups in total. The minimum absolute atomic E-state index is 0. The third-order valence-electron chi connectivity index (χ3n) is 3.76. The number of halogens is 1. The van der Waals surface area contributed by atoms with Crippen molar-refractivity contribution >= 4 is 29.7 Å². The van der Waals surface area contributed by atoms with Gasteiger partial charge in [-0.1, -0.05) is 13.8 Å². The van der Waals surface area contributed by atoms with Crippen LogP contribution < -0.4 is 10.6 Å². The summed E-state index contributed by atoms with van der Waals surface area (Å²) >= 11 is 1.64. The molecule has 0 bridgehead atoms. The molecule has 1 fully saturated rings. The third-order valence-corrected chi connectivity index (χ3v) is 4.85. The lowest BCUT2D eigenvalue weighted by Crippen LogP contribution is -2.55. The van der Waals surface area contributed by atoms with E-state index in [4.69, 9.17) is 0 Å². The van der Waals surface area contributed by atoms with Crippen molar-refractivity contribution in [1.82, 2.24) is 15.6 Å². The summed E-state index contributed by atoms with van der Waals surface area (Å²) in [6.45, 7) is 9.25. The van der Waals surface area contributed by atoms with E-state index in [2.05, 4.69) is 29.5 Å². The fourth-order valence-corrected chi connectivity index (χ4v) is 3.37. The van der Waals surface area contributed by atoms with E-state index in [9.17, 15) is 4.79 Å². The van der Waals surface area contributed by atoms with Crippen molar-refractivity contribution in [2.45, 2.75) is 52.6 Å². The molecule has 1 aromatic rings. The summed E-state index contributed by atoms with van der Waals surface area (Å²) in [5.74, 6) is 0.0880. The number of hydrogen-bond acceptors (Lipinski definition) is 4. The van der Waals surface area contributed by atoms with Gasteiger partial charge < -0.3 is 10.6 Å². The molecule has 20 heavy (non-hydrogen) atoms. The fourth-order valence-electron chi connectivity index (χ4n) is 2.59. The molecule has 1 aliphatic heterocycles. The van der Waals surface area contributed by atoms with Crippen LogP contribution >= 0.6 is 23.7 Å². The van der Waals surface area contributed by atoms with Crippen LogP contribution in [0.1, 0.15) is 49.5 Å². The number of carbonyl (C=O) groups excluding carboxylic acids is 1. The predicted octanol–water partition coefficient (Wildman–Crippen LogP) is 2.83. The summed E-state index contributed by atoms with van der Waals surface area (Å²) < 4.78 is 0. The molecule has 1 amide bonds. The second kappa shape index (κ2) is 6.87. The van der Waals surface area contributed by atoms with Crippen LogP contribution in [0.5, 0.6) is 0 Å². The molecule has 6 heteroatoms. The van der Waals surface area contributed by atoms with Crippen LogP contribution in [0.4, 0.5) is 0 Å². The minimum atomic E-state index is -0.107. The van der Waals surface area contributed by atoms with Crippen molar-refractivity contribution in [1.29, 1.82) is 0 Å². The van der Waals surface area contributed by atoms with Crippen LogP contribution in [0.15, 0.2) is 6.20 Å². The molecular formula is C14H24ClN3OS. The van der Waals surface area contributed by atoms with Gasteiger partial charge >= 0.3 is 0 Å². The summed E-state index contributed by atoms with van der Waals surface area (Å²) in [6, 6.07) is -0.129. The summed E-state index contributed by atoms with van der Waals surface area (Å²) in [6.07, 6.45) is 4.08. The number of carbonyl (C=O) groups is 1. The van der Waals surface area contributed by atoms with E-state index >= 15 is 0 Å². The van der Waals surface area contributed by atoms with Gasteiger partial charge in [0.2, 0.25) is 5.91 Å². The molecule has 2 atom stereocenters. The number of aromatic nitrogens is 1. The Hall–Kier alpha value is -0.650. The van der Waals surface area contributed by atoms with Gasteiger partial charge in [0.15, 0.2) is 0 Å². The van der Waals surface area contributed by atoms with Gasteiger partial charge in [0.1, 0.15) is 5.01 Å². The van der Waals surface area contributed by atoms with Gasteiger partial charge in [-0.2, -0.15) is 0 Å². The first-order chi connectivity index (χ1) is 8.90. The molecule has 1 saturated heterocycles. The van der Waals surface area contributed by atoms with Gasteiger partial charge in [-0.25, -0.2) is 4.98 Å². The fraction of sp³-hybridized carbons (Fsp3) is 0.714. The molecule has 0 aromatic carbocycles. The number of rotatable bonds is 3. The van der Waals surface area contributed by atoms with E-state index < -0.39 is 0 Å². The SMILES string of the molecule is Cc1cnc(C(C)NC(=O)C2NCCCC2(C)C)s1.Cl. The maximum absolute atomic E-state index is 12.4. The Balaban J connectivity index is 0.00000200. The first kappa shape index (κ1) is 17.4. The lowest BCUT2D eigenvalue weighted by Gasteiger charge is -2.38. The van der Waals surface area contributed by atoms with E-state index in [0.717, 1.165) is 24.4 Å². The summed E-state index contributed by atoms with van der Waals surface area (Å²) in [4.78, 5) is 17.9. The molecule has 4 nitrogen and oxygen atoms in total. The van der Waals surface area contributed by atoms with Crippen LogP contribution in [0.25, 0.3) is 0 Å². The van der Waals surface area contributed by atoms with Crippen molar-refractivity contribution in [3.63, 3.8) is 0 Å². The van der Waals surface area contributed by atoms with Crippen LogP contribution in [0, 0.1) is 12.3 Å². The zero-order valence-electron chi connectivity index (χ0n) is 12.5. The third kappa shape index (κ3) is 3.93. The topological polar surface area (TPSA) is 54.0 Å². The molecule has 0 radical (unpaired) electrons. The number of amides is 1. The highest BCUT2D eigenvalue weighted by Gasteiger charge is 2.37. The molecule has 2 rings (SSSR count). The standard InChI is InChI=1S/C14H23N3OS.ClH/c1-9-8-16-13(19-9)10(2)17-12(18)11-14(3,4)6-5-7-15-11;/h8,10-11,15H,5-7H2,1-4H3,(H,17,18);1H. The maximum Gasteiger partial charge on any atom is 0.238 e. The average Bonchev–Trinajstić information content (AvgIpc) is 2.75. The van der Waals surface area contributed by atoms with E-state index in [-0.39, 0.29) is 35.8 Å². The van der Waals surface area contributed by atoms with E-state index in [1.807, 2.05) is 20.0 Å². The van der Waals surface area contributed by atoms with Gasteiger partial charge in [0.05, 0.1) is 12.1 Å². The van der Waals surface area contributed by atoms with Crippen LogP contribution in [-0.4, -0.2) is 23.5 Å². The Morgan fingerprint density at radius 3 is 2.85 bits per heavy atom. The Morgan fingerprint density at radius 2 is 2.30 bits per heavy atom. The Morgan fingerprint density at radius 1 is 1.60 bits per heavy atom. The number of thiazole rings is 1. The molecule has 114 valence electrons. The average molecular weight is 318 g/mol. The summed E-state index contributed by atoms with van der Waals surface area (Å²) in [5.41, 5.74) is 0.0147. The van der Waals surface area contributed by atoms with Crippen molar-refractivity contribution in [3.05, 3.63) is 16.1 Å². The first-order valence-corrected chi connectivity index (χ1v) is 7.68. The largest absolute Gasteiger partial charge is 0.346 e. The van der Waals surface area contributed by atoms with E-state index in [1.165, 1.54) is 4.88 Å². The Labute approximate surface area is 131 Å². The lowest BCUT2D eigenvalue weighted by atomic mass is 9.77. The highest BCUT2D eigenvalue weighted by atomic mass is 35.5. The normalized spacial score (nSPS) is 22.7. The quantitative estimate of drug-likeness (QED) is 0.901. The van der Waals surface area contributed by atoms with Crippen molar-refractivity contribution in [3.8, 4) is 0 Å². The summed E-state index contributed by atoms with van der Waals surface area (Å²) in [7, 11) is 0. The molecule has 0 spiro atoms. The van der Waals surface area contributed by atoms with Crippen LogP contribution in [0.3, 0.4) is 0 Å². The van der Waals surface area contributed by atoms with E-state index in [0.29, 0.717) is 0 Å². The predicted molar refractivity (Wildman–Crippen MR) is 85.5 cm³/mol. The molecule has 0 aliphatic carbocycles. The second-order valence-corrected chi connectivity index (χ2v) is 7.29.